The quantitative estimate of drug-likeness (QED) is 0.410. The molecule has 0 spiro atoms. The smallest absolute Gasteiger partial charge is 0.267 e. The van der Waals surface area contributed by atoms with Crippen LogP contribution < -0.4 is 10.3 Å². The fourth-order valence-corrected chi connectivity index (χ4v) is 5.42. The molecule has 4 aromatic rings. The highest BCUT2D eigenvalue weighted by Crippen LogP contribution is 2.29. The van der Waals surface area contributed by atoms with Gasteiger partial charge in [0.25, 0.3) is 5.56 Å². The summed E-state index contributed by atoms with van der Waals surface area (Å²) in [6.07, 6.45) is -1.67. The molecule has 0 radical (unpaired) electrons. The van der Waals surface area contributed by atoms with Crippen molar-refractivity contribution in [1.82, 2.24) is 24.2 Å². The zero-order valence-electron chi connectivity index (χ0n) is 17.5. The number of hydrogen-bond acceptors (Lipinski definition) is 7. The van der Waals surface area contributed by atoms with Crippen LogP contribution in [-0.2, 0) is 10.0 Å². The van der Waals surface area contributed by atoms with Crippen LogP contribution in [0.15, 0.2) is 46.3 Å². The Bertz CT molecular complexity index is 1570. The van der Waals surface area contributed by atoms with Gasteiger partial charge in [-0.15, -0.1) is 11.3 Å². The largest absolute Gasteiger partial charge is 0.402 e. The number of pyridine rings is 1. The molecule has 0 aliphatic carbocycles. The van der Waals surface area contributed by atoms with Crippen LogP contribution in [0.4, 0.5) is 17.6 Å². The van der Waals surface area contributed by atoms with E-state index in [1.807, 2.05) is 0 Å². The van der Waals surface area contributed by atoms with Crippen molar-refractivity contribution in [1.29, 1.82) is 0 Å². The number of rotatable bonds is 5. The topological polar surface area (TPSA) is 107 Å². The lowest BCUT2D eigenvalue weighted by Gasteiger charge is -2.15. The lowest BCUT2D eigenvalue weighted by atomic mass is 10.2. The number of nitrogens with zero attached hydrogens (tertiary/aromatic N) is 4. The maximum atomic E-state index is 14.9. The third-order valence-corrected chi connectivity index (χ3v) is 7.37. The molecule has 0 fully saturated rings. The number of sulfonamides is 1. The summed E-state index contributed by atoms with van der Waals surface area (Å²) >= 11 is 0.999. The molecule has 0 unspecified atom stereocenters. The highest BCUT2D eigenvalue weighted by Gasteiger charge is 2.31. The second-order valence-corrected chi connectivity index (χ2v) is 9.96. The van der Waals surface area contributed by atoms with Crippen LogP contribution in [0.2, 0.25) is 0 Å². The molecule has 1 N–H and O–H groups in total. The molecule has 0 saturated heterocycles. The predicted molar refractivity (Wildman–Crippen MR) is 117 cm³/mol. The minimum absolute atomic E-state index is 0.00916. The zero-order valence-corrected chi connectivity index (χ0v) is 19.1. The summed E-state index contributed by atoms with van der Waals surface area (Å²) in [6, 6.07) is 5.07. The number of aryl methyl sites for hydroxylation is 2. The van der Waals surface area contributed by atoms with E-state index in [2.05, 4.69) is 15.0 Å². The van der Waals surface area contributed by atoms with Crippen LogP contribution in [0.25, 0.3) is 26.6 Å². The van der Waals surface area contributed by atoms with Crippen molar-refractivity contribution in [2.75, 3.05) is 6.54 Å². The molecule has 178 valence electrons. The van der Waals surface area contributed by atoms with E-state index < -0.39 is 44.7 Å². The van der Waals surface area contributed by atoms with Gasteiger partial charge in [-0.1, -0.05) is 0 Å². The Morgan fingerprint density at radius 3 is 2.56 bits per heavy atom. The van der Waals surface area contributed by atoms with Gasteiger partial charge in [-0.3, -0.25) is 14.3 Å². The summed E-state index contributed by atoms with van der Waals surface area (Å²) in [6.45, 7) is 0.834. The Hall–Kier alpha value is -3.23. The number of alkyl halides is 3. The monoisotopic (exact) mass is 513 g/mol. The van der Waals surface area contributed by atoms with Gasteiger partial charge in [0.2, 0.25) is 10.0 Å². The van der Waals surface area contributed by atoms with Gasteiger partial charge in [-0.25, -0.2) is 27.5 Å². The average molecular weight is 513 g/mol. The van der Waals surface area contributed by atoms with E-state index in [1.54, 1.807) is 24.5 Å². The van der Waals surface area contributed by atoms with Gasteiger partial charge in [-0.2, -0.15) is 13.2 Å². The summed E-state index contributed by atoms with van der Waals surface area (Å²) in [5, 5.41) is 0.453. The van der Waals surface area contributed by atoms with Crippen molar-refractivity contribution in [3.8, 4) is 16.3 Å². The minimum Gasteiger partial charge on any atom is -0.267 e. The number of fused-ring (bicyclic) bond motifs is 1. The van der Waals surface area contributed by atoms with E-state index in [9.17, 15) is 30.8 Å². The molecule has 4 rings (SSSR count). The van der Waals surface area contributed by atoms with Gasteiger partial charge in [0.05, 0.1) is 10.6 Å². The summed E-state index contributed by atoms with van der Waals surface area (Å²) in [4.78, 5) is 25.2. The standard InChI is InChI=1S/C20H15F4N5O3S2/c1-10-6-13(21)14(7-15(10)34(31,32)26-9-20(22,23)24)29-11(2)27-17-16(19(29)30)33-18(28-17)12-4-3-5-25-8-12/h3-8,26H,9H2,1-2H3. The molecule has 0 saturated carbocycles. The molecule has 0 amide bonds. The minimum atomic E-state index is -4.79. The first-order valence-corrected chi connectivity index (χ1v) is 11.8. The summed E-state index contributed by atoms with van der Waals surface area (Å²) in [5.74, 6) is -0.939. The number of nitrogens with one attached hydrogen (secondary N) is 1. The van der Waals surface area contributed by atoms with Crippen molar-refractivity contribution in [2.45, 2.75) is 24.9 Å². The van der Waals surface area contributed by atoms with E-state index in [0.717, 1.165) is 28.0 Å². The molecule has 0 aliphatic rings. The molecule has 3 aromatic heterocycles. The van der Waals surface area contributed by atoms with Crippen LogP contribution in [0.1, 0.15) is 11.4 Å². The highest BCUT2D eigenvalue weighted by atomic mass is 32.2. The van der Waals surface area contributed by atoms with Crippen molar-refractivity contribution in [3.05, 3.63) is 64.2 Å². The lowest BCUT2D eigenvalue weighted by Crippen LogP contribution is -2.34. The first kappa shape index (κ1) is 23.9. The number of hydrogen-bond donors (Lipinski definition) is 1. The molecular formula is C20H15F4N5O3S2. The van der Waals surface area contributed by atoms with E-state index in [1.165, 1.54) is 18.6 Å². The van der Waals surface area contributed by atoms with Gasteiger partial charge in [0.15, 0.2) is 5.65 Å². The molecule has 0 bridgehead atoms. The molecular weight excluding hydrogens is 498 g/mol. The third kappa shape index (κ3) is 4.56. The molecule has 34 heavy (non-hydrogen) atoms. The third-order valence-electron chi connectivity index (χ3n) is 4.74. The SMILES string of the molecule is Cc1cc(F)c(-n2c(C)nc3nc(-c4cccnc4)sc3c2=O)cc1S(=O)(=O)NCC(F)(F)F. The van der Waals surface area contributed by atoms with Crippen molar-refractivity contribution < 1.29 is 26.0 Å². The number of thiazole rings is 1. The van der Waals surface area contributed by atoms with Gasteiger partial charge >= 0.3 is 6.18 Å². The van der Waals surface area contributed by atoms with Gasteiger partial charge in [-0.05, 0) is 43.7 Å². The van der Waals surface area contributed by atoms with Crippen molar-refractivity contribution in [3.63, 3.8) is 0 Å². The Morgan fingerprint density at radius 1 is 1.18 bits per heavy atom. The molecule has 14 heteroatoms. The molecule has 1 aromatic carbocycles. The Kier molecular flexibility index (Phi) is 5.99. The Balaban J connectivity index is 1.87. The lowest BCUT2D eigenvalue weighted by molar-refractivity contribution is -0.121. The molecule has 3 heterocycles. The van der Waals surface area contributed by atoms with Gasteiger partial charge in [0.1, 0.15) is 27.9 Å². The van der Waals surface area contributed by atoms with Crippen LogP contribution >= 0.6 is 11.3 Å². The van der Waals surface area contributed by atoms with Crippen LogP contribution in [0.3, 0.4) is 0 Å². The molecule has 0 aliphatic heterocycles. The second kappa shape index (κ2) is 8.52. The van der Waals surface area contributed by atoms with Crippen molar-refractivity contribution in [2.24, 2.45) is 0 Å². The number of benzene rings is 1. The first-order valence-electron chi connectivity index (χ1n) is 9.55. The average Bonchev–Trinajstić information content (AvgIpc) is 3.18. The van der Waals surface area contributed by atoms with E-state index in [-0.39, 0.29) is 21.7 Å². The Morgan fingerprint density at radius 2 is 1.91 bits per heavy atom. The maximum absolute atomic E-state index is 14.9. The summed E-state index contributed by atoms with van der Waals surface area (Å²) in [7, 11) is -4.66. The molecule has 8 nitrogen and oxygen atoms in total. The van der Waals surface area contributed by atoms with Crippen molar-refractivity contribution >= 4 is 31.7 Å². The van der Waals surface area contributed by atoms with E-state index in [0.29, 0.717) is 10.6 Å². The fourth-order valence-electron chi connectivity index (χ4n) is 3.23. The zero-order chi connectivity index (χ0) is 24.8. The van der Waals surface area contributed by atoms with Crippen LogP contribution in [0, 0.1) is 19.7 Å². The number of aromatic nitrogens is 4. The van der Waals surface area contributed by atoms with Gasteiger partial charge < -0.3 is 0 Å². The second-order valence-electron chi connectivity index (χ2n) is 7.22. The fraction of sp³-hybridized carbons (Fsp3) is 0.200. The molecule has 0 atom stereocenters. The van der Waals surface area contributed by atoms with E-state index >= 15 is 0 Å². The number of halogens is 4. The summed E-state index contributed by atoms with van der Waals surface area (Å²) < 4.78 is 79.9. The summed E-state index contributed by atoms with van der Waals surface area (Å²) in [5.41, 5.74) is -0.544. The predicted octanol–water partition coefficient (Wildman–Crippen LogP) is 3.50. The Labute approximate surface area is 194 Å². The maximum Gasteiger partial charge on any atom is 0.402 e. The van der Waals surface area contributed by atoms with Crippen LogP contribution in [0.5, 0.6) is 0 Å². The first-order chi connectivity index (χ1) is 15.9. The van der Waals surface area contributed by atoms with E-state index in [4.69, 9.17) is 0 Å². The normalized spacial score (nSPS) is 12.4. The van der Waals surface area contributed by atoms with Gasteiger partial charge in [0, 0.05) is 18.0 Å². The highest BCUT2D eigenvalue weighted by molar-refractivity contribution is 7.89. The van der Waals surface area contributed by atoms with Crippen LogP contribution in [-0.4, -0.2) is 40.7 Å².